The van der Waals surface area contributed by atoms with Crippen LogP contribution in [-0.2, 0) is 0 Å². The number of nitrogens with one attached hydrogen (secondary N) is 1. The minimum atomic E-state index is -0.321. The molecular formula is C17H17ClFN3. The van der Waals surface area contributed by atoms with Crippen LogP contribution >= 0.6 is 11.6 Å². The van der Waals surface area contributed by atoms with E-state index in [1.165, 1.54) is 25.0 Å². The van der Waals surface area contributed by atoms with Crippen LogP contribution < -0.4 is 10.2 Å². The Bertz CT molecular complexity index is 690. The molecule has 2 saturated heterocycles. The summed E-state index contributed by atoms with van der Waals surface area (Å²) in [4.78, 5) is 6.86. The lowest BCUT2D eigenvalue weighted by Gasteiger charge is -2.37. The van der Waals surface area contributed by atoms with Gasteiger partial charge in [-0.15, -0.1) is 0 Å². The largest absolute Gasteiger partial charge is 0.362 e. The smallest absolute Gasteiger partial charge is 0.124 e. The molecule has 2 atom stereocenters. The molecule has 2 aliphatic heterocycles. The molecule has 1 aromatic carbocycles. The van der Waals surface area contributed by atoms with Crippen molar-refractivity contribution in [3.63, 3.8) is 0 Å². The molecule has 5 heteroatoms. The third-order valence-electron chi connectivity index (χ3n) is 4.64. The summed E-state index contributed by atoms with van der Waals surface area (Å²) >= 11 is 6.18. The Morgan fingerprint density at radius 2 is 1.91 bits per heavy atom. The second kappa shape index (κ2) is 5.52. The van der Waals surface area contributed by atoms with Crippen molar-refractivity contribution in [1.82, 2.24) is 10.3 Å². The van der Waals surface area contributed by atoms with Gasteiger partial charge in [0.1, 0.15) is 5.82 Å². The van der Waals surface area contributed by atoms with Gasteiger partial charge in [-0.1, -0.05) is 11.6 Å². The molecule has 114 valence electrons. The van der Waals surface area contributed by atoms with Crippen molar-refractivity contribution >= 4 is 17.3 Å². The summed E-state index contributed by atoms with van der Waals surface area (Å²) in [6.07, 6.45) is 6.14. The highest BCUT2D eigenvalue weighted by molar-refractivity contribution is 6.33. The summed E-state index contributed by atoms with van der Waals surface area (Å²) in [7, 11) is 0. The fourth-order valence-corrected chi connectivity index (χ4v) is 3.92. The SMILES string of the molecule is Fc1ccc(-c2cncc(N3C4CCC3CNC4)c2)c(Cl)c1. The summed E-state index contributed by atoms with van der Waals surface area (Å²) in [6, 6.07) is 7.69. The zero-order valence-corrected chi connectivity index (χ0v) is 12.9. The Morgan fingerprint density at radius 1 is 1.14 bits per heavy atom. The van der Waals surface area contributed by atoms with Gasteiger partial charge in [0.2, 0.25) is 0 Å². The normalized spacial score (nSPS) is 23.8. The minimum absolute atomic E-state index is 0.321. The average molecular weight is 318 g/mol. The van der Waals surface area contributed by atoms with Gasteiger partial charge in [-0.3, -0.25) is 4.98 Å². The van der Waals surface area contributed by atoms with Crippen LogP contribution in [0.25, 0.3) is 11.1 Å². The predicted octanol–water partition coefficient (Wildman–Crippen LogP) is 3.48. The molecule has 1 N–H and O–H groups in total. The number of piperazine rings is 1. The molecule has 2 unspecified atom stereocenters. The maximum Gasteiger partial charge on any atom is 0.124 e. The van der Waals surface area contributed by atoms with Gasteiger partial charge in [0.05, 0.1) is 16.9 Å². The lowest BCUT2D eigenvalue weighted by Crippen LogP contribution is -2.52. The average Bonchev–Trinajstić information content (AvgIpc) is 2.77. The molecule has 3 nitrogen and oxygen atoms in total. The van der Waals surface area contributed by atoms with Crippen molar-refractivity contribution in [3.05, 3.63) is 47.5 Å². The number of hydrogen-bond acceptors (Lipinski definition) is 3. The Kier molecular flexibility index (Phi) is 3.51. The number of rotatable bonds is 2. The predicted molar refractivity (Wildman–Crippen MR) is 86.8 cm³/mol. The molecule has 3 heterocycles. The number of benzene rings is 1. The van der Waals surface area contributed by atoms with Gasteiger partial charge in [0.15, 0.2) is 0 Å². The fourth-order valence-electron chi connectivity index (χ4n) is 3.64. The molecule has 22 heavy (non-hydrogen) atoms. The monoisotopic (exact) mass is 317 g/mol. The standard InChI is InChI=1S/C17H17ClFN3/c18-17-6-12(19)1-4-16(17)11-5-15(10-20-7-11)22-13-2-3-14(22)9-21-8-13/h1,4-7,10,13-14,21H,2-3,8-9H2. The van der Waals surface area contributed by atoms with E-state index < -0.39 is 0 Å². The number of halogens is 2. The number of anilines is 1. The van der Waals surface area contributed by atoms with Gasteiger partial charge in [0, 0.05) is 42.5 Å². The van der Waals surface area contributed by atoms with E-state index in [2.05, 4.69) is 21.3 Å². The molecule has 2 aliphatic rings. The molecular weight excluding hydrogens is 301 g/mol. The molecule has 0 saturated carbocycles. The van der Waals surface area contributed by atoms with Gasteiger partial charge >= 0.3 is 0 Å². The third kappa shape index (κ3) is 2.36. The van der Waals surface area contributed by atoms with Crippen molar-refractivity contribution in [2.45, 2.75) is 24.9 Å². The maximum absolute atomic E-state index is 13.2. The molecule has 1 aromatic heterocycles. The van der Waals surface area contributed by atoms with Crippen molar-refractivity contribution in [1.29, 1.82) is 0 Å². The van der Waals surface area contributed by atoms with E-state index in [0.717, 1.165) is 29.9 Å². The van der Waals surface area contributed by atoms with E-state index in [-0.39, 0.29) is 5.82 Å². The van der Waals surface area contributed by atoms with E-state index in [4.69, 9.17) is 11.6 Å². The first-order chi connectivity index (χ1) is 10.7. The van der Waals surface area contributed by atoms with Gasteiger partial charge in [-0.2, -0.15) is 0 Å². The molecule has 2 fully saturated rings. The lowest BCUT2D eigenvalue weighted by molar-refractivity contribution is 0.484. The van der Waals surface area contributed by atoms with E-state index in [0.29, 0.717) is 17.1 Å². The summed E-state index contributed by atoms with van der Waals surface area (Å²) in [5, 5.41) is 3.90. The Hall–Kier alpha value is -1.65. The first-order valence-corrected chi connectivity index (χ1v) is 8.00. The number of fused-ring (bicyclic) bond motifs is 2. The zero-order valence-electron chi connectivity index (χ0n) is 12.1. The molecule has 2 aromatic rings. The number of aromatic nitrogens is 1. The number of pyridine rings is 1. The zero-order chi connectivity index (χ0) is 15.1. The van der Waals surface area contributed by atoms with Crippen LogP contribution in [0.2, 0.25) is 5.02 Å². The quantitative estimate of drug-likeness (QED) is 0.919. The highest BCUT2D eigenvalue weighted by Crippen LogP contribution is 2.35. The summed E-state index contributed by atoms with van der Waals surface area (Å²) < 4.78 is 13.2. The number of hydrogen-bond donors (Lipinski definition) is 1. The van der Waals surface area contributed by atoms with Crippen LogP contribution in [-0.4, -0.2) is 30.2 Å². The Balaban J connectivity index is 1.72. The van der Waals surface area contributed by atoms with Gasteiger partial charge in [0.25, 0.3) is 0 Å². The second-order valence-electron chi connectivity index (χ2n) is 6.01. The van der Waals surface area contributed by atoms with Crippen LogP contribution in [0, 0.1) is 5.82 Å². The first kappa shape index (κ1) is 14.0. The van der Waals surface area contributed by atoms with Crippen LogP contribution in [0.1, 0.15) is 12.8 Å². The maximum atomic E-state index is 13.2. The fraction of sp³-hybridized carbons (Fsp3) is 0.353. The molecule has 0 spiro atoms. The lowest BCUT2D eigenvalue weighted by atomic mass is 10.1. The molecule has 0 aliphatic carbocycles. The first-order valence-electron chi connectivity index (χ1n) is 7.62. The highest BCUT2D eigenvalue weighted by Gasteiger charge is 2.36. The van der Waals surface area contributed by atoms with Crippen molar-refractivity contribution in [3.8, 4) is 11.1 Å². The van der Waals surface area contributed by atoms with Gasteiger partial charge < -0.3 is 10.2 Å². The van der Waals surface area contributed by atoms with Crippen molar-refractivity contribution < 1.29 is 4.39 Å². The molecule has 0 radical (unpaired) electrons. The van der Waals surface area contributed by atoms with E-state index in [1.54, 1.807) is 12.3 Å². The van der Waals surface area contributed by atoms with E-state index in [9.17, 15) is 4.39 Å². The summed E-state index contributed by atoms with van der Waals surface area (Å²) in [5.41, 5.74) is 2.88. The third-order valence-corrected chi connectivity index (χ3v) is 4.96. The van der Waals surface area contributed by atoms with Crippen LogP contribution in [0.4, 0.5) is 10.1 Å². The van der Waals surface area contributed by atoms with Gasteiger partial charge in [-0.05, 0) is 37.1 Å². The van der Waals surface area contributed by atoms with Crippen LogP contribution in [0.3, 0.4) is 0 Å². The molecule has 0 amide bonds. The van der Waals surface area contributed by atoms with E-state index >= 15 is 0 Å². The Morgan fingerprint density at radius 3 is 2.64 bits per heavy atom. The molecule has 2 bridgehead atoms. The van der Waals surface area contributed by atoms with Gasteiger partial charge in [-0.25, -0.2) is 4.39 Å². The van der Waals surface area contributed by atoms with Crippen molar-refractivity contribution in [2.24, 2.45) is 0 Å². The number of nitrogens with zero attached hydrogens (tertiary/aromatic N) is 2. The summed E-state index contributed by atoms with van der Waals surface area (Å²) in [5.74, 6) is -0.321. The van der Waals surface area contributed by atoms with Crippen molar-refractivity contribution in [2.75, 3.05) is 18.0 Å². The topological polar surface area (TPSA) is 28.2 Å². The summed E-state index contributed by atoms with van der Waals surface area (Å²) in [6.45, 7) is 2.05. The van der Waals surface area contributed by atoms with Crippen LogP contribution in [0.5, 0.6) is 0 Å². The highest BCUT2D eigenvalue weighted by atomic mass is 35.5. The van der Waals surface area contributed by atoms with E-state index in [1.807, 2.05) is 6.20 Å². The second-order valence-corrected chi connectivity index (χ2v) is 6.41. The Labute approximate surface area is 134 Å². The van der Waals surface area contributed by atoms with Crippen LogP contribution in [0.15, 0.2) is 36.7 Å². The minimum Gasteiger partial charge on any atom is -0.362 e. The molecule has 4 rings (SSSR count).